The van der Waals surface area contributed by atoms with Crippen LogP contribution in [0.3, 0.4) is 0 Å². The average molecular weight is 188 g/mol. The molecule has 0 saturated heterocycles. The lowest BCUT2D eigenvalue weighted by atomic mass is 10.3. The summed E-state index contributed by atoms with van der Waals surface area (Å²) in [6.45, 7) is 0.889. The minimum atomic E-state index is 0.807. The number of benzene rings is 1. The molecule has 2 rings (SSSR count). The maximum absolute atomic E-state index is 5.66. The Morgan fingerprint density at radius 3 is 3.00 bits per heavy atom. The lowest BCUT2D eigenvalue weighted by molar-refractivity contribution is 1.11. The highest BCUT2D eigenvalue weighted by molar-refractivity contribution is 5.54. The van der Waals surface area contributed by atoms with Crippen LogP contribution in [0.5, 0.6) is 0 Å². The van der Waals surface area contributed by atoms with Crippen LogP contribution in [0.25, 0.3) is 0 Å². The Morgan fingerprint density at radius 2 is 2.29 bits per heavy atom. The van der Waals surface area contributed by atoms with Crippen molar-refractivity contribution in [1.29, 1.82) is 0 Å². The van der Waals surface area contributed by atoms with Gasteiger partial charge in [-0.05, 0) is 37.0 Å². The van der Waals surface area contributed by atoms with Crippen LogP contribution in [0.4, 0.5) is 11.4 Å². The number of hydrogen-bond acceptors (Lipinski definition) is 2. The van der Waals surface area contributed by atoms with Crippen LogP contribution in [-0.2, 0) is 0 Å². The maximum Gasteiger partial charge on any atom is 0.0363 e. The first-order valence-corrected chi connectivity index (χ1v) is 5.11. The SMILES string of the molecule is Nc1cccc(NC/C=C/C2CC2)c1. The molecule has 1 aliphatic carbocycles. The van der Waals surface area contributed by atoms with Crippen molar-refractivity contribution in [2.45, 2.75) is 12.8 Å². The molecule has 74 valence electrons. The molecule has 1 aliphatic rings. The molecule has 1 aromatic carbocycles. The first kappa shape index (κ1) is 9.13. The van der Waals surface area contributed by atoms with E-state index in [4.69, 9.17) is 5.73 Å². The molecule has 0 aromatic heterocycles. The van der Waals surface area contributed by atoms with Gasteiger partial charge in [0, 0.05) is 17.9 Å². The molecule has 0 spiro atoms. The van der Waals surface area contributed by atoms with E-state index in [9.17, 15) is 0 Å². The first-order valence-electron chi connectivity index (χ1n) is 5.11. The molecule has 2 heteroatoms. The number of allylic oxidation sites excluding steroid dienone is 1. The standard InChI is InChI=1S/C12H16N2/c13-11-4-1-5-12(9-11)14-8-2-3-10-6-7-10/h1-5,9-10,14H,6-8,13H2/b3-2+. The number of hydrogen-bond donors (Lipinski definition) is 2. The van der Waals surface area contributed by atoms with Crippen molar-refractivity contribution in [3.8, 4) is 0 Å². The predicted molar refractivity (Wildman–Crippen MR) is 61.2 cm³/mol. The highest BCUT2D eigenvalue weighted by atomic mass is 14.9. The van der Waals surface area contributed by atoms with Gasteiger partial charge in [0.05, 0.1) is 0 Å². The fourth-order valence-electron chi connectivity index (χ4n) is 1.37. The minimum absolute atomic E-state index is 0.807. The number of rotatable bonds is 4. The number of anilines is 2. The van der Waals surface area contributed by atoms with Crippen molar-refractivity contribution < 1.29 is 0 Å². The van der Waals surface area contributed by atoms with Crippen LogP contribution in [0.2, 0.25) is 0 Å². The smallest absolute Gasteiger partial charge is 0.0363 e. The van der Waals surface area contributed by atoms with Crippen LogP contribution in [0.15, 0.2) is 36.4 Å². The molecule has 1 saturated carbocycles. The van der Waals surface area contributed by atoms with Crippen LogP contribution in [-0.4, -0.2) is 6.54 Å². The van der Waals surface area contributed by atoms with Gasteiger partial charge in [-0.1, -0.05) is 18.2 Å². The van der Waals surface area contributed by atoms with E-state index in [2.05, 4.69) is 17.5 Å². The summed E-state index contributed by atoms with van der Waals surface area (Å²) in [7, 11) is 0. The second-order valence-corrected chi connectivity index (χ2v) is 3.77. The van der Waals surface area contributed by atoms with Gasteiger partial charge in [-0.2, -0.15) is 0 Å². The van der Waals surface area contributed by atoms with E-state index in [-0.39, 0.29) is 0 Å². The fourth-order valence-corrected chi connectivity index (χ4v) is 1.37. The third-order valence-electron chi connectivity index (χ3n) is 2.34. The quantitative estimate of drug-likeness (QED) is 0.563. The largest absolute Gasteiger partial charge is 0.399 e. The third-order valence-corrected chi connectivity index (χ3v) is 2.34. The van der Waals surface area contributed by atoms with Crippen molar-refractivity contribution in [1.82, 2.24) is 0 Å². The van der Waals surface area contributed by atoms with Gasteiger partial charge in [-0.3, -0.25) is 0 Å². The Balaban J connectivity index is 1.79. The zero-order valence-corrected chi connectivity index (χ0v) is 8.24. The Morgan fingerprint density at radius 1 is 1.43 bits per heavy atom. The Kier molecular flexibility index (Phi) is 2.73. The van der Waals surface area contributed by atoms with E-state index in [0.29, 0.717) is 0 Å². The molecule has 2 nitrogen and oxygen atoms in total. The summed E-state index contributed by atoms with van der Waals surface area (Å²) in [6.07, 6.45) is 7.23. The number of nitrogens with two attached hydrogens (primary N) is 1. The molecule has 14 heavy (non-hydrogen) atoms. The van der Waals surface area contributed by atoms with Crippen LogP contribution in [0, 0.1) is 5.92 Å². The first-order chi connectivity index (χ1) is 6.84. The molecule has 0 aliphatic heterocycles. The summed E-state index contributed by atoms with van der Waals surface area (Å²) in [5, 5.41) is 3.30. The Hall–Kier alpha value is -1.44. The molecule has 0 amide bonds. The second kappa shape index (κ2) is 4.18. The van der Waals surface area contributed by atoms with Gasteiger partial charge < -0.3 is 11.1 Å². The average Bonchev–Trinajstić information content (AvgIpc) is 2.96. The highest BCUT2D eigenvalue weighted by Gasteiger charge is 2.16. The van der Waals surface area contributed by atoms with E-state index in [0.717, 1.165) is 23.8 Å². The van der Waals surface area contributed by atoms with Gasteiger partial charge in [0.1, 0.15) is 0 Å². The minimum Gasteiger partial charge on any atom is -0.399 e. The van der Waals surface area contributed by atoms with Crippen LogP contribution < -0.4 is 11.1 Å². The molecule has 1 aromatic rings. The molecule has 0 atom stereocenters. The van der Waals surface area contributed by atoms with E-state index >= 15 is 0 Å². The predicted octanol–water partition coefficient (Wildman–Crippen LogP) is 2.65. The lowest BCUT2D eigenvalue weighted by Gasteiger charge is -2.03. The van der Waals surface area contributed by atoms with Gasteiger partial charge in [-0.25, -0.2) is 0 Å². The summed E-state index contributed by atoms with van der Waals surface area (Å²) < 4.78 is 0. The molecule has 0 radical (unpaired) electrons. The molecule has 0 unspecified atom stereocenters. The molecular formula is C12H16N2. The highest BCUT2D eigenvalue weighted by Crippen LogP contribution is 2.29. The normalized spacial score (nSPS) is 16.0. The van der Waals surface area contributed by atoms with Crippen molar-refractivity contribution in [3.05, 3.63) is 36.4 Å². The molecule has 1 fully saturated rings. The monoisotopic (exact) mass is 188 g/mol. The van der Waals surface area contributed by atoms with E-state index < -0.39 is 0 Å². The summed E-state index contributed by atoms with van der Waals surface area (Å²) in [5.74, 6) is 0.859. The Labute approximate surface area is 84.8 Å². The number of nitrogen functional groups attached to an aromatic ring is 1. The van der Waals surface area contributed by atoms with Gasteiger partial charge >= 0.3 is 0 Å². The van der Waals surface area contributed by atoms with Crippen molar-refractivity contribution in [2.24, 2.45) is 5.92 Å². The molecule has 0 heterocycles. The third kappa shape index (κ3) is 2.80. The van der Waals surface area contributed by atoms with E-state index in [1.54, 1.807) is 0 Å². The number of nitrogens with one attached hydrogen (secondary N) is 1. The fraction of sp³-hybridized carbons (Fsp3) is 0.333. The zero-order chi connectivity index (χ0) is 9.80. The van der Waals surface area contributed by atoms with Crippen LogP contribution in [0.1, 0.15) is 12.8 Å². The summed E-state index contributed by atoms with van der Waals surface area (Å²) in [6, 6.07) is 7.83. The molecule has 3 N–H and O–H groups in total. The van der Waals surface area contributed by atoms with Gasteiger partial charge in [-0.15, -0.1) is 0 Å². The van der Waals surface area contributed by atoms with E-state index in [1.165, 1.54) is 12.8 Å². The topological polar surface area (TPSA) is 38.0 Å². The van der Waals surface area contributed by atoms with E-state index in [1.807, 2.05) is 24.3 Å². The van der Waals surface area contributed by atoms with Crippen molar-refractivity contribution >= 4 is 11.4 Å². The van der Waals surface area contributed by atoms with Crippen LogP contribution >= 0.6 is 0 Å². The zero-order valence-electron chi connectivity index (χ0n) is 8.24. The summed E-state index contributed by atoms with van der Waals surface area (Å²) >= 11 is 0. The van der Waals surface area contributed by atoms with Crippen molar-refractivity contribution in [2.75, 3.05) is 17.6 Å². The second-order valence-electron chi connectivity index (χ2n) is 3.77. The summed E-state index contributed by atoms with van der Waals surface area (Å²) in [5.41, 5.74) is 7.56. The maximum atomic E-state index is 5.66. The van der Waals surface area contributed by atoms with Crippen molar-refractivity contribution in [3.63, 3.8) is 0 Å². The molecular weight excluding hydrogens is 172 g/mol. The van der Waals surface area contributed by atoms with Gasteiger partial charge in [0.15, 0.2) is 0 Å². The van der Waals surface area contributed by atoms with Gasteiger partial charge in [0.25, 0.3) is 0 Å². The summed E-state index contributed by atoms with van der Waals surface area (Å²) in [4.78, 5) is 0. The molecule has 0 bridgehead atoms. The Bertz CT molecular complexity index is 327. The van der Waals surface area contributed by atoms with Gasteiger partial charge in [0.2, 0.25) is 0 Å². The lowest BCUT2D eigenvalue weighted by Crippen LogP contribution is -1.98.